The van der Waals surface area contributed by atoms with Gasteiger partial charge in [0.25, 0.3) is 0 Å². The van der Waals surface area contributed by atoms with Crippen molar-refractivity contribution in [3.8, 4) is 0 Å². The van der Waals surface area contributed by atoms with Crippen molar-refractivity contribution in [3.63, 3.8) is 0 Å². The highest BCUT2D eigenvalue weighted by Gasteiger charge is 2.31. The third-order valence-corrected chi connectivity index (χ3v) is 3.52. The first-order valence-electron chi connectivity index (χ1n) is 5.42. The standard InChI is InChI=1S/C11H14N2O3S/c14-10(5-8-1-4-17-7-8)13-3-2-12-6-9(13)11(15)16/h1,4,7,9,12H,2-3,5-6H2,(H,15,16)/t9-/m0/s1. The van der Waals surface area contributed by atoms with E-state index in [9.17, 15) is 9.59 Å². The van der Waals surface area contributed by atoms with Crippen LogP contribution in [0.1, 0.15) is 5.56 Å². The van der Waals surface area contributed by atoms with E-state index in [0.29, 0.717) is 19.6 Å². The maximum atomic E-state index is 12.0. The fourth-order valence-corrected chi connectivity index (χ4v) is 2.56. The molecule has 92 valence electrons. The third kappa shape index (κ3) is 2.83. The number of piperazine rings is 1. The number of hydrogen-bond acceptors (Lipinski definition) is 4. The van der Waals surface area contributed by atoms with Crippen molar-refractivity contribution in [2.24, 2.45) is 0 Å². The summed E-state index contributed by atoms with van der Waals surface area (Å²) in [6.07, 6.45) is 0.285. The van der Waals surface area contributed by atoms with Gasteiger partial charge in [0.15, 0.2) is 0 Å². The largest absolute Gasteiger partial charge is 0.480 e. The van der Waals surface area contributed by atoms with Crippen molar-refractivity contribution in [2.75, 3.05) is 19.6 Å². The predicted molar refractivity (Wildman–Crippen MR) is 64.0 cm³/mol. The number of carboxylic acid groups (broad SMARTS) is 1. The minimum atomic E-state index is -0.948. The van der Waals surface area contributed by atoms with Crippen LogP contribution in [0.2, 0.25) is 0 Å². The molecule has 2 N–H and O–H groups in total. The number of aliphatic carboxylic acids is 1. The lowest BCUT2D eigenvalue weighted by molar-refractivity contribution is -0.150. The second-order valence-corrected chi connectivity index (χ2v) is 4.73. The Labute approximate surface area is 103 Å². The summed E-state index contributed by atoms with van der Waals surface area (Å²) in [5.74, 6) is -1.06. The molecule has 5 nitrogen and oxygen atoms in total. The van der Waals surface area contributed by atoms with Gasteiger partial charge in [0.05, 0.1) is 6.42 Å². The SMILES string of the molecule is O=C(O)[C@@H]1CNCCN1C(=O)Cc1ccsc1. The summed E-state index contributed by atoms with van der Waals surface area (Å²) in [6, 6.07) is 1.15. The summed E-state index contributed by atoms with van der Waals surface area (Å²) in [5.41, 5.74) is 0.947. The molecule has 1 aromatic heterocycles. The van der Waals surface area contributed by atoms with Gasteiger partial charge in [-0.1, -0.05) is 0 Å². The van der Waals surface area contributed by atoms with Crippen LogP contribution in [0, 0.1) is 0 Å². The first-order chi connectivity index (χ1) is 8.18. The Bertz CT molecular complexity index is 405. The van der Waals surface area contributed by atoms with Gasteiger partial charge in [0, 0.05) is 19.6 Å². The van der Waals surface area contributed by atoms with Crippen LogP contribution in [0.3, 0.4) is 0 Å². The maximum Gasteiger partial charge on any atom is 0.327 e. The molecule has 0 aliphatic carbocycles. The van der Waals surface area contributed by atoms with Gasteiger partial charge in [0.2, 0.25) is 5.91 Å². The summed E-state index contributed by atoms with van der Waals surface area (Å²) >= 11 is 1.54. The molecular formula is C11H14N2O3S. The zero-order chi connectivity index (χ0) is 12.3. The van der Waals surface area contributed by atoms with Gasteiger partial charge in [0.1, 0.15) is 6.04 Å². The lowest BCUT2D eigenvalue weighted by Crippen LogP contribution is -2.57. The first kappa shape index (κ1) is 12.1. The van der Waals surface area contributed by atoms with Crippen LogP contribution in [0.4, 0.5) is 0 Å². The molecule has 0 spiro atoms. The van der Waals surface area contributed by atoms with Crippen LogP contribution >= 0.6 is 11.3 Å². The average molecular weight is 254 g/mol. The number of nitrogens with zero attached hydrogens (tertiary/aromatic N) is 1. The maximum absolute atomic E-state index is 12.0. The van der Waals surface area contributed by atoms with E-state index in [2.05, 4.69) is 5.32 Å². The van der Waals surface area contributed by atoms with Crippen molar-refractivity contribution >= 4 is 23.2 Å². The smallest absolute Gasteiger partial charge is 0.327 e. The van der Waals surface area contributed by atoms with E-state index in [1.54, 1.807) is 0 Å². The van der Waals surface area contributed by atoms with Crippen LogP contribution in [-0.2, 0) is 16.0 Å². The summed E-state index contributed by atoms with van der Waals surface area (Å²) in [4.78, 5) is 24.5. The van der Waals surface area contributed by atoms with Gasteiger partial charge < -0.3 is 15.3 Å². The number of nitrogens with one attached hydrogen (secondary N) is 1. The molecule has 1 amide bonds. The minimum Gasteiger partial charge on any atom is -0.480 e. The molecule has 1 aliphatic heterocycles. The van der Waals surface area contributed by atoms with E-state index in [4.69, 9.17) is 5.11 Å². The normalized spacial score (nSPS) is 20.2. The topological polar surface area (TPSA) is 69.6 Å². The molecule has 0 bridgehead atoms. The average Bonchev–Trinajstić information content (AvgIpc) is 2.81. The zero-order valence-electron chi connectivity index (χ0n) is 9.26. The molecular weight excluding hydrogens is 240 g/mol. The van der Waals surface area contributed by atoms with Gasteiger partial charge in [-0.3, -0.25) is 4.79 Å². The predicted octanol–water partition coefficient (Wildman–Crippen LogP) is 0.176. The quantitative estimate of drug-likeness (QED) is 0.807. The molecule has 17 heavy (non-hydrogen) atoms. The molecule has 6 heteroatoms. The molecule has 0 unspecified atom stereocenters. The molecule has 1 fully saturated rings. The number of thiophene rings is 1. The first-order valence-corrected chi connectivity index (χ1v) is 6.37. The Balaban J connectivity index is 2.03. The minimum absolute atomic E-state index is 0.114. The number of rotatable bonds is 3. The van der Waals surface area contributed by atoms with E-state index >= 15 is 0 Å². The van der Waals surface area contributed by atoms with Crippen molar-refractivity contribution in [2.45, 2.75) is 12.5 Å². The van der Waals surface area contributed by atoms with Gasteiger partial charge in [-0.2, -0.15) is 11.3 Å². The van der Waals surface area contributed by atoms with Gasteiger partial charge >= 0.3 is 5.97 Å². The highest BCUT2D eigenvalue weighted by atomic mass is 32.1. The molecule has 1 saturated heterocycles. The van der Waals surface area contributed by atoms with E-state index < -0.39 is 12.0 Å². The van der Waals surface area contributed by atoms with Crippen molar-refractivity contribution < 1.29 is 14.7 Å². The molecule has 0 radical (unpaired) electrons. The molecule has 1 atom stereocenters. The van der Waals surface area contributed by atoms with Crippen LogP contribution in [0.5, 0.6) is 0 Å². The van der Waals surface area contributed by atoms with Crippen molar-refractivity contribution in [1.82, 2.24) is 10.2 Å². The second-order valence-electron chi connectivity index (χ2n) is 3.95. The van der Waals surface area contributed by atoms with Gasteiger partial charge in [-0.15, -0.1) is 0 Å². The summed E-state index contributed by atoms with van der Waals surface area (Å²) in [7, 11) is 0. The summed E-state index contributed by atoms with van der Waals surface area (Å²) < 4.78 is 0. The highest BCUT2D eigenvalue weighted by molar-refractivity contribution is 7.07. The lowest BCUT2D eigenvalue weighted by atomic mass is 10.1. The highest BCUT2D eigenvalue weighted by Crippen LogP contribution is 2.11. The number of hydrogen-bond donors (Lipinski definition) is 2. The number of carbonyl (C=O) groups is 2. The van der Waals surface area contributed by atoms with Gasteiger partial charge in [-0.25, -0.2) is 4.79 Å². The second kappa shape index (κ2) is 5.29. The number of carbonyl (C=O) groups excluding carboxylic acids is 1. The molecule has 1 aliphatic rings. The Hall–Kier alpha value is -1.40. The third-order valence-electron chi connectivity index (χ3n) is 2.78. The van der Waals surface area contributed by atoms with Crippen LogP contribution < -0.4 is 5.32 Å². The lowest BCUT2D eigenvalue weighted by Gasteiger charge is -2.33. The Kier molecular flexibility index (Phi) is 3.75. The molecule has 2 rings (SSSR count). The summed E-state index contributed by atoms with van der Waals surface area (Å²) in [6.45, 7) is 1.43. The van der Waals surface area contributed by atoms with Crippen LogP contribution in [0.15, 0.2) is 16.8 Å². The monoisotopic (exact) mass is 254 g/mol. The van der Waals surface area contributed by atoms with E-state index in [1.807, 2.05) is 16.8 Å². The van der Waals surface area contributed by atoms with E-state index in [1.165, 1.54) is 16.2 Å². The van der Waals surface area contributed by atoms with E-state index in [-0.39, 0.29) is 12.3 Å². The fraction of sp³-hybridized carbons (Fsp3) is 0.455. The van der Waals surface area contributed by atoms with Crippen molar-refractivity contribution in [3.05, 3.63) is 22.4 Å². The van der Waals surface area contributed by atoms with Crippen LogP contribution in [0.25, 0.3) is 0 Å². The Morgan fingerprint density at radius 3 is 3.06 bits per heavy atom. The number of amides is 1. The molecule has 2 heterocycles. The van der Waals surface area contributed by atoms with Crippen LogP contribution in [-0.4, -0.2) is 47.6 Å². The molecule has 0 saturated carbocycles. The number of carboxylic acids is 1. The molecule has 0 aromatic carbocycles. The molecule has 1 aromatic rings. The zero-order valence-corrected chi connectivity index (χ0v) is 10.1. The Morgan fingerprint density at radius 1 is 1.59 bits per heavy atom. The van der Waals surface area contributed by atoms with Gasteiger partial charge in [-0.05, 0) is 22.4 Å². The van der Waals surface area contributed by atoms with Crippen molar-refractivity contribution in [1.29, 1.82) is 0 Å². The van der Waals surface area contributed by atoms with E-state index in [0.717, 1.165) is 5.56 Å². The fourth-order valence-electron chi connectivity index (χ4n) is 1.89. The Morgan fingerprint density at radius 2 is 2.41 bits per heavy atom. The summed E-state index contributed by atoms with van der Waals surface area (Å²) in [5, 5.41) is 15.9.